The maximum Gasteiger partial charge on any atom is 0.249 e. The van der Waals surface area contributed by atoms with Gasteiger partial charge in [-0.1, -0.05) is 30.3 Å². The van der Waals surface area contributed by atoms with E-state index < -0.39 is 10.0 Å². The van der Waals surface area contributed by atoms with Crippen molar-refractivity contribution in [2.75, 3.05) is 53.6 Å². The van der Waals surface area contributed by atoms with Crippen LogP contribution in [0.1, 0.15) is 52.5 Å². The van der Waals surface area contributed by atoms with Crippen molar-refractivity contribution in [3.05, 3.63) is 82.2 Å². The smallest absolute Gasteiger partial charge is 0.249 e. The van der Waals surface area contributed by atoms with Crippen LogP contribution in [0.15, 0.2) is 53.4 Å². The summed E-state index contributed by atoms with van der Waals surface area (Å²) in [5, 5.41) is 0. The number of amides is 1. The minimum absolute atomic E-state index is 0.106. The van der Waals surface area contributed by atoms with E-state index in [-0.39, 0.29) is 36.6 Å². The van der Waals surface area contributed by atoms with Gasteiger partial charge in [0.25, 0.3) is 0 Å². The number of likely N-dealkylation sites (tertiary alicyclic amines) is 1. The molecule has 10 heteroatoms. The van der Waals surface area contributed by atoms with Crippen molar-refractivity contribution in [1.29, 1.82) is 0 Å². The van der Waals surface area contributed by atoms with Crippen molar-refractivity contribution < 1.29 is 22.7 Å². The van der Waals surface area contributed by atoms with Gasteiger partial charge in [-0.3, -0.25) is 9.69 Å². The molecular formula is C33H44N4O5S. The first kappa shape index (κ1) is 31.3. The average molecular weight is 609 g/mol. The number of nitrogens with zero attached hydrogens (tertiary/aromatic N) is 4. The predicted molar refractivity (Wildman–Crippen MR) is 167 cm³/mol. The van der Waals surface area contributed by atoms with Gasteiger partial charge in [-0.05, 0) is 87.2 Å². The Morgan fingerprint density at radius 2 is 1.70 bits per heavy atom. The van der Waals surface area contributed by atoms with Crippen molar-refractivity contribution in [3.63, 3.8) is 0 Å². The van der Waals surface area contributed by atoms with Gasteiger partial charge in [-0.2, -0.15) is 4.31 Å². The molecule has 1 unspecified atom stereocenters. The van der Waals surface area contributed by atoms with Crippen molar-refractivity contribution in [3.8, 4) is 5.75 Å². The zero-order chi connectivity index (χ0) is 30.7. The van der Waals surface area contributed by atoms with E-state index in [1.54, 1.807) is 27.1 Å². The van der Waals surface area contributed by atoms with Crippen LogP contribution >= 0.6 is 0 Å². The van der Waals surface area contributed by atoms with Crippen LogP contribution in [0.2, 0.25) is 0 Å². The molecule has 1 saturated heterocycles. The van der Waals surface area contributed by atoms with Gasteiger partial charge in [-0.25, -0.2) is 8.42 Å². The lowest BCUT2D eigenvalue weighted by molar-refractivity contribution is -0.139. The number of methoxy groups -OCH3 is 1. The lowest BCUT2D eigenvalue weighted by Crippen LogP contribution is -2.44. The van der Waals surface area contributed by atoms with Crippen LogP contribution in [0.4, 0.5) is 0 Å². The molecule has 1 amide bonds. The zero-order valence-electron chi connectivity index (χ0n) is 26.0. The lowest BCUT2D eigenvalue weighted by atomic mass is 10.00. The summed E-state index contributed by atoms with van der Waals surface area (Å²) in [6.07, 6.45) is 2.51. The van der Waals surface area contributed by atoms with E-state index in [0.29, 0.717) is 17.9 Å². The quantitative estimate of drug-likeness (QED) is 0.302. The number of carbonyl (C=O) groups excluding carboxylic acids is 1. The normalized spacial score (nSPS) is 17.4. The summed E-state index contributed by atoms with van der Waals surface area (Å²) in [6.45, 7) is 10.2. The van der Waals surface area contributed by atoms with Crippen LogP contribution < -0.4 is 4.74 Å². The van der Waals surface area contributed by atoms with E-state index in [4.69, 9.17) is 9.47 Å². The maximum atomic E-state index is 13.6. The Morgan fingerprint density at radius 1 is 0.977 bits per heavy atom. The van der Waals surface area contributed by atoms with Crippen LogP contribution in [0, 0.1) is 20.8 Å². The third-order valence-corrected chi connectivity index (χ3v) is 10.9. The summed E-state index contributed by atoms with van der Waals surface area (Å²) in [7, 11) is -0.622. The van der Waals surface area contributed by atoms with Crippen molar-refractivity contribution in [1.82, 2.24) is 18.7 Å². The monoisotopic (exact) mass is 608 g/mol. The number of hydrogen-bond acceptors (Lipinski definition) is 6. The first-order chi connectivity index (χ1) is 20.6. The van der Waals surface area contributed by atoms with Gasteiger partial charge >= 0.3 is 0 Å². The summed E-state index contributed by atoms with van der Waals surface area (Å²) in [5.74, 6) is 0.590. The summed E-state index contributed by atoms with van der Waals surface area (Å²) >= 11 is 0. The van der Waals surface area contributed by atoms with Crippen LogP contribution in [-0.4, -0.2) is 86.5 Å². The Kier molecular flexibility index (Phi) is 9.60. The highest BCUT2D eigenvalue weighted by atomic mass is 32.2. The van der Waals surface area contributed by atoms with Gasteiger partial charge in [0.05, 0.1) is 24.7 Å². The first-order valence-corrected chi connectivity index (χ1v) is 16.5. The van der Waals surface area contributed by atoms with Crippen molar-refractivity contribution in [2.45, 2.75) is 57.6 Å². The molecule has 5 rings (SSSR count). The third kappa shape index (κ3) is 6.38. The molecule has 2 aliphatic rings. The molecule has 3 heterocycles. The predicted octanol–water partition coefficient (Wildman–Crippen LogP) is 4.29. The largest absolute Gasteiger partial charge is 0.496 e. The number of carbonyl (C=O) groups is 1. The Hall–Kier alpha value is -3.18. The van der Waals surface area contributed by atoms with Crippen molar-refractivity contribution in [2.24, 2.45) is 0 Å². The molecule has 1 aromatic heterocycles. The van der Waals surface area contributed by atoms with Crippen LogP contribution in [0.25, 0.3) is 0 Å². The van der Waals surface area contributed by atoms with E-state index in [1.807, 2.05) is 36.9 Å². The molecule has 43 heavy (non-hydrogen) atoms. The van der Waals surface area contributed by atoms with Crippen LogP contribution in [0.5, 0.6) is 5.75 Å². The highest BCUT2D eigenvalue weighted by Crippen LogP contribution is 2.35. The molecule has 0 radical (unpaired) electrons. The van der Waals surface area contributed by atoms with Gasteiger partial charge < -0.3 is 18.9 Å². The Labute approximate surface area is 256 Å². The second-order valence-corrected chi connectivity index (χ2v) is 13.7. The van der Waals surface area contributed by atoms with Gasteiger partial charge in [0.1, 0.15) is 12.4 Å². The number of aromatic nitrogens is 1. The molecule has 0 N–H and O–H groups in total. The highest BCUT2D eigenvalue weighted by molar-refractivity contribution is 7.89. The van der Waals surface area contributed by atoms with Gasteiger partial charge in [0.15, 0.2) is 0 Å². The molecule has 0 bridgehead atoms. The molecule has 1 fully saturated rings. The molecule has 0 aliphatic carbocycles. The molecule has 9 nitrogen and oxygen atoms in total. The van der Waals surface area contributed by atoms with E-state index >= 15 is 0 Å². The molecule has 0 saturated carbocycles. The molecule has 232 valence electrons. The second kappa shape index (κ2) is 13.2. The number of rotatable bonds is 11. The fraction of sp³-hybridized carbons (Fsp3) is 0.485. The van der Waals surface area contributed by atoms with Gasteiger partial charge in [0.2, 0.25) is 15.9 Å². The van der Waals surface area contributed by atoms with E-state index in [0.717, 1.165) is 48.6 Å². The fourth-order valence-corrected chi connectivity index (χ4v) is 7.94. The molecule has 1 atom stereocenters. The van der Waals surface area contributed by atoms with E-state index in [1.165, 1.54) is 22.8 Å². The topological polar surface area (TPSA) is 84.3 Å². The van der Waals surface area contributed by atoms with E-state index in [2.05, 4.69) is 33.7 Å². The van der Waals surface area contributed by atoms with E-state index in [9.17, 15) is 13.2 Å². The SMILES string of the molecule is COc1c(C)cc(S(=O)(=O)N(C)CCOCC(=O)N2CCn3c(CN4CCCC4)ccc3C2c2ccccc2)c(C)c1C. The third-order valence-electron chi connectivity index (χ3n) is 8.93. The van der Waals surface area contributed by atoms with Crippen molar-refractivity contribution >= 4 is 15.9 Å². The van der Waals surface area contributed by atoms with Gasteiger partial charge in [-0.15, -0.1) is 0 Å². The Bertz CT molecular complexity index is 1550. The summed E-state index contributed by atoms with van der Waals surface area (Å²) in [4.78, 5) is 18.2. The molecule has 2 aliphatic heterocycles. The first-order valence-electron chi connectivity index (χ1n) is 15.1. The summed E-state index contributed by atoms with van der Waals surface area (Å²) in [5.41, 5.74) is 5.71. The molecule has 3 aromatic rings. The fourth-order valence-electron chi connectivity index (χ4n) is 6.42. The standard InChI is InChI=1S/C33H44N4O5S/c1-24-21-30(25(2)26(3)33(24)41-5)43(39,40)34(4)19-20-42-23-31(38)37-18-17-36-28(22-35-15-9-10-16-35)13-14-29(36)32(37)27-11-7-6-8-12-27/h6-8,11-14,21,32H,9-10,15-20,22-23H2,1-5H3. The minimum atomic E-state index is -3.75. The summed E-state index contributed by atoms with van der Waals surface area (Å²) < 4.78 is 41.7. The number of benzene rings is 2. The number of sulfonamides is 1. The number of hydrogen-bond donors (Lipinski definition) is 0. The highest BCUT2D eigenvalue weighted by Gasteiger charge is 2.34. The van der Waals surface area contributed by atoms with Crippen LogP contribution in [-0.2, 0) is 32.6 Å². The maximum absolute atomic E-state index is 13.6. The van der Waals surface area contributed by atoms with Gasteiger partial charge in [0, 0.05) is 44.6 Å². The number of fused-ring (bicyclic) bond motifs is 1. The number of likely N-dealkylation sites (N-methyl/N-ethyl adjacent to an activating group) is 1. The Morgan fingerprint density at radius 3 is 2.40 bits per heavy atom. The van der Waals surface area contributed by atoms with Crippen LogP contribution in [0.3, 0.4) is 0 Å². The Balaban J connectivity index is 1.24. The zero-order valence-corrected chi connectivity index (χ0v) is 26.8. The summed E-state index contributed by atoms with van der Waals surface area (Å²) in [6, 6.07) is 16.0. The molecule has 2 aromatic carbocycles. The minimum Gasteiger partial charge on any atom is -0.496 e. The number of aryl methyl sites for hydroxylation is 1. The average Bonchev–Trinajstić information content (AvgIpc) is 3.67. The second-order valence-electron chi connectivity index (χ2n) is 11.6. The lowest BCUT2D eigenvalue weighted by Gasteiger charge is -2.38. The molecular weight excluding hydrogens is 564 g/mol. The number of ether oxygens (including phenoxy) is 2. The molecule has 0 spiro atoms.